The molecule has 1 N–H and O–H groups in total. The van der Waals surface area contributed by atoms with E-state index in [4.69, 9.17) is 0 Å². The molecule has 0 atom stereocenters. The van der Waals surface area contributed by atoms with Gasteiger partial charge in [0.25, 0.3) is 5.91 Å². The van der Waals surface area contributed by atoms with Crippen molar-refractivity contribution in [2.45, 2.75) is 26.7 Å². The van der Waals surface area contributed by atoms with Crippen LogP contribution in [0.3, 0.4) is 0 Å². The number of rotatable bonds is 6. The Bertz CT molecular complexity index is 781. The molecule has 0 spiro atoms. The third-order valence-corrected chi connectivity index (χ3v) is 5.33. The highest BCUT2D eigenvalue weighted by atomic mass is 16.2. The fourth-order valence-corrected chi connectivity index (χ4v) is 3.51. The average molecular weight is 380 g/mol. The first-order valence-corrected chi connectivity index (χ1v) is 10.1. The van der Waals surface area contributed by atoms with E-state index in [2.05, 4.69) is 12.2 Å². The molecule has 1 aliphatic heterocycles. The van der Waals surface area contributed by atoms with Crippen molar-refractivity contribution in [3.8, 4) is 0 Å². The summed E-state index contributed by atoms with van der Waals surface area (Å²) in [5.41, 5.74) is 2.43. The van der Waals surface area contributed by atoms with Crippen LogP contribution in [0.2, 0.25) is 0 Å². The lowest BCUT2D eigenvalue weighted by molar-refractivity contribution is -0.116. The fourth-order valence-electron chi connectivity index (χ4n) is 3.51. The minimum Gasteiger partial charge on any atom is -0.376 e. The summed E-state index contributed by atoms with van der Waals surface area (Å²) < 4.78 is 0. The Morgan fingerprint density at radius 2 is 1.68 bits per heavy atom. The number of nitrogens with zero attached hydrogens (tertiary/aromatic N) is 2. The van der Waals surface area contributed by atoms with Crippen molar-refractivity contribution < 1.29 is 9.59 Å². The number of anilines is 2. The maximum absolute atomic E-state index is 12.6. The first-order chi connectivity index (χ1) is 13.6. The van der Waals surface area contributed by atoms with Gasteiger partial charge in [0.1, 0.15) is 0 Å². The number of hydrogen-bond donors (Lipinski definition) is 1. The van der Waals surface area contributed by atoms with Gasteiger partial charge in [-0.15, -0.1) is 0 Å². The molecule has 0 saturated carbocycles. The quantitative estimate of drug-likeness (QED) is 0.825. The second-order valence-corrected chi connectivity index (χ2v) is 7.38. The number of carbonyl (C=O) groups excluding carboxylic acids is 2. The normalized spacial score (nSPS) is 14.6. The van der Waals surface area contributed by atoms with Crippen LogP contribution in [-0.4, -0.2) is 42.9 Å². The third kappa shape index (κ3) is 4.91. The molecule has 3 rings (SSSR count). The molecule has 1 fully saturated rings. The highest BCUT2D eigenvalue weighted by Crippen LogP contribution is 2.19. The second kappa shape index (κ2) is 9.40. The van der Waals surface area contributed by atoms with E-state index in [-0.39, 0.29) is 18.4 Å². The number of benzene rings is 2. The fraction of sp³-hybridized carbons (Fsp3) is 0.391. The van der Waals surface area contributed by atoms with Crippen molar-refractivity contribution in [1.82, 2.24) is 4.90 Å². The molecule has 5 nitrogen and oxygen atoms in total. The molecule has 148 valence electrons. The molecule has 0 unspecified atom stereocenters. The van der Waals surface area contributed by atoms with Gasteiger partial charge < -0.3 is 15.1 Å². The van der Waals surface area contributed by atoms with Gasteiger partial charge in [-0.25, -0.2) is 0 Å². The van der Waals surface area contributed by atoms with Gasteiger partial charge in [-0.3, -0.25) is 9.59 Å². The number of hydrogen-bond acceptors (Lipinski definition) is 3. The summed E-state index contributed by atoms with van der Waals surface area (Å²) in [7, 11) is 0. The van der Waals surface area contributed by atoms with E-state index < -0.39 is 0 Å². The molecule has 2 amide bonds. The molecule has 1 heterocycles. The van der Waals surface area contributed by atoms with Gasteiger partial charge >= 0.3 is 0 Å². The van der Waals surface area contributed by atoms with Crippen LogP contribution in [0.25, 0.3) is 0 Å². The van der Waals surface area contributed by atoms with E-state index in [0.29, 0.717) is 18.0 Å². The lowest BCUT2D eigenvalue weighted by atomic mass is 9.98. The predicted octanol–water partition coefficient (Wildman–Crippen LogP) is 4.02. The standard InChI is InChI=1S/C23H29N3O2/c1-3-26(21-7-5-4-6-8-21)22(27)17-24-20-11-9-19(10-12-20)23(28)25-15-13-18(2)14-16-25/h4-12,18,24H,3,13-17H2,1-2H3. The van der Waals surface area contributed by atoms with E-state index in [9.17, 15) is 9.59 Å². The molecular weight excluding hydrogens is 350 g/mol. The Kier molecular flexibility index (Phi) is 6.69. The van der Waals surface area contributed by atoms with Crippen LogP contribution < -0.4 is 10.2 Å². The molecule has 5 heteroatoms. The van der Waals surface area contributed by atoms with Crippen molar-refractivity contribution in [3.63, 3.8) is 0 Å². The molecule has 0 bridgehead atoms. The topological polar surface area (TPSA) is 52.7 Å². The minimum absolute atomic E-state index is 0.0105. The minimum atomic E-state index is 0.0105. The number of piperidine rings is 1. The zero-order valence-electron chi connectivity index (χ0n) is 16.7. The molecule has 28 heavy (non-hydrogen) atoms. The molecular formula is C23H29N3O2. The van der Waals surface area contributed by atoms with Crippen LogP contribution in [0, 0.1) is 5.92 Å². The number of amides is 2. The first kappa shape index (κ1) is 19.9. The highest BCUT2D eigenvalue weighted by Gasteiger charge is 2.21. The van der Waals surface area contributed by atoms with Gasteiger partial charge in [0.15, 0.2) is 0 Å². The zero-order chi connectivity index (χ0) is 19.9. The van der Waals surface area contributed by atoms with Gasteiger partial charge in [0.2, 0.25) is 5.91 Å². The second-order valence-electron chi connectivity index (χ2n) is 7.38. The van der Waals surface area contributed by atoms with Gasteiger partial charge in [0, 0.05) is 36.6 Å². The predicted molar refractivity (Wildman–Crippen MR) is 114 cm³/mol. The number of carbonyl (C=O) groups is 2. The van der Waals surface area contributed by atoms with Gasteiger partial charge in [-0.1, -0.05) is 25.1 Å². The van der Waals surface area contributed by atoms with Crippen LogP contribution >= 0.6 is 0 Å². The Morgan fingerprint density at radius 3 is 2.29 bits per heavy atom. The van der Waals surface area contributed by atoms with Crippen LogP contribution in [0.4, 0.5) is 11.4 Å². The van der Waals surface area contributed by atoms with Crippen LogP contribution in [-0.2, 0) is 4.79 Å². The van der Waals surface area contributed by atoms with Crippen molar-refractivity contribution in [1.29, 1.82) is 0 Å². The highest BCUT2D eigenvalue weighted by molar-refractivity contribution is 5.96. The van der Waals surface area contributed by atoms with Crippen LogP contribution in [0.5, 0.6) is 0 Å². The Balaban J connectivity index is 1.55. The first-order valence-electron chi connectivity index (χ1n) is 10.1. The summed E-state index contributed by atoms with van der Waals surface area (Å²) in [6.45, 7) is 6.70. The number of likely N-dealkylation sites (N-methyl/N-ethyl adjacent to an activating group) is 1. The molecule has 2 aromatic rings. The van der Waals surface area contributed by atoms with Crippen molar-refractivity contribution in [2.24, 2.45) is 5.92 Å². The Labute approximate surface area is 167 Å². The average Bonchev–Trinajstić information content (AvgIpc) is 2.74. The summed E-state index contributed by atoms with van der Waals surface area (Å²) >= 11 is 0. The van der Waals surface area contributed by atoms with E-state index >= 15 is 0 Å². The zero-order valence-corrected chi connectivity index (χ0v) is 16.7. The number of likely N-dealkylation sites (tertiary alicyclic amines) is 1. The number of nitrogens with one attached hydrogen (secondary N) is 1. The van der Waals surface area contributed by atoms with Crippen LogP contribution in [0.1, 0.15) is 37.0 Å². The van der Waals surface area contributed by atoms with Crippen molar-refractivity contribution >= 4 is 23.2 Å². The maximum Gasteiger partial charge on any atom is 0.253 e. The van der Waals surface area contributed by atoms with Crippen LogP contribution in [0.15, 0.2) is 54.6 Å². The Hall–Kier alpha value is -2.82. The van der Waals surface area contributed by atoms with E-state index in [1.807, 2.05) is 66.4 Å². The lowest BCUT2D eigenvalue weighted by Crippen LogP contribution is -2.37. The molecule has 0 aromatic heterocycles. The van der Waals surface area contributed by atoms with E-state index in [1.54, 1.807) is 4.90 Å². The SMILES string of the molecule is CCN(C(=O)CNc1ccc(C(=O)N2CCC(C)CC2)cc1)c1ccccc1. The largest absolute Gasteiger partial charge is 0.376 e. The number of para-hydroxylation sites is 1. The van der Waals surface area contributed by atoms with Crippen molar-refractivity contribution in [2.75, 3.05) is 36.4 Å². The molecule has 1 aliphatic rings. The summed E-state index contributed by atoms with van der Waals surface area (Å²) in [6.07, 6.45) is 2.14. The van der Waals surface area contributed by atoms with Crippen molar-refractivity contribution in [3.05, 3.63) is 60.2 Å². The lowest BCUT2D eigenvalue weighted by Gasteiger charge is -2.30. The molecule has 0 radical (unpaired) electrons. The van der Waals surface area contributed by atoms with E-state index in [0.717, 1.165) is 37.3 Å². The Morgan fingerprint density at radius 1 is 1.04 bits per heavy atom. The summed E-state index contributed by atoms with van der Waals surface area (Å²) in [5, 5.41) is 3.16. The summed E-state index contributed by atoms with van der Waals surface area (Å²) in [6, 6.07) is 17.1. The van der Waals surface area contributed by atoms with Gasteiger partial charge in [-0.2, -0.15) is 0 Å². The summed E-state index contributed by atoms with van der Waals surface area (Å²) in [4.78, 5) is 28.9. The molecule has 1 saturated heterocycles. The maximum atomic E-state index is 12.6. The van der Waals surface area contributed by atoms with Gasteiger partial charge in [-0.05, 0) is 62.1 Å². The molecule has 0 aliphatic carbocycles. The van der Waals surface area contributed by atoms with E-state index in [1.165, 1.54) is 0 Å². The monoisotopic (exact) mass is 379 g/mol. The third-order valence-electron chi connectivity index (χ3n) is 5.33. The smallest absolute Gasteiger partial charge is 0.253 e. The van der Waals surface area contributed by atoms with Gasteiger partial charge in [0.05, 0.1) is 6.54 Å². The summed E-state index contributed by atoms with van der Waals surface area (Å²) in [5.74, 6) is 0.804. The molecule has 2 aromatic carbocycles.